The van der Waals surface area contributed by atoms with Gasteiger partial charge >= 0.3 is 0 Å². The number of rotatable bonds is 4. The maximum Gasteiger partial charge on any atom is 0.269 e. The zero-order chi connectivity index (χ0) is 24.5. The van der Waals surface area contributed by atoms with Gasteiger partial charge in [-0.25, -0.2) is 0 Å². The number of hydrogen-bond donors (Lipinski definition) is 1. The molecule has 2 aromatic carbocycles. The van der Waals surface area contributed by atoms with Crippen molar-refractivity contribution in [3.8, 4) is 16.5 Å². The topological polar surface area (TPSA) is 72.3 Å². The van der Waals surface area contributed by atoms with Crippen molar-refractivity contribution in [2.75, 3.05) is 36.0 Å². The molecule has 1 amide bonds. The van der Waals surface area contributed by atoms with E-state index in [0.717, 1.165) is 64.0 Å². The minimum atomic E-state index is 0.00854. The van der Waals surface area contributed by atoms with Crippen molar-refractivity contribution in [2.45, 2.75) is 13.0 Å². The first-order chi connectivity index (χ1) is 17.7. The molecule has 1 fully saturated rings. The van der Waals surface area contributed by atoms with Gasteiger partial charge in [-0.15, -0.1) is 11.3 Å². The molecule has 36 heavy (non-hydrogen) atoms. The Labute approximate surface area is 214 Å². The SMILES string of the molecule is N#Cc1ccc(-c2cc3c(s2)C(=O)N(Cc2ccccn2)c2ccc(N4CCNCC4)cc2C3)cc1. The second-order valence-corrected chi connectivity index (χ2v) is 10.1. The predicted molar refractivity (Wildman–Crippen MR) is 144 cm³/mol. The molecule has 0 radical (unpaired) electrons. The Balaban J connectivity index is 1.43. The number of fused-ring (bicyclic) bond motifs is 2. The lowest BCUT2D eigenvalue weighted by Crippen LogP contribution is -2.43. The summed E-state index contributed by atoms with van der Waals surface area (Å²) in [6, 6.07) is 24.2. The summed E-state index contributed by atoms with van der Waals surface area (Å²) in [6.07, 6.45) is 2.47. The third-order valence-corrected chi connectivity index (χ3v) is 8.02. The van der Waals surface area contributed by atoms with Crippen LogP contribution >= 0.6 is 11.3 Å². The molecule has 0 saturated carbocycles. The van der Waals surface area contributed by atoms with Crippen molar-refractivity contribution in [1.82, 2.24) is 10.3 Å². The Hall–Kier alpha value is -3.99. The van der Waals surface area contributed by atoms with Gasteiger partial charge in [-0.05, 0) is 65.2 Å². The molecule has 4 aromatic rings. The summed E-state index contributed by atoms with van der Waals surface area (Å²) in [6.45, 7) is 4.32. The Kier molecular flexibility index (Phi) is 5.98. The van der Waals surface area contributed by atoms with Crippen LogP contribution in [0.3, 0.4) is 0 Å². The van der Waals surface area contributed by atoms with Crippen LogP contribution in [0.2, 0.25) is 0 Å². The molecule has 0 spiro atoms. The minimum absolute atomic E-state index is 0.00854. The molecule has 7 heteroatoms. The van der Waals surface area contributed by atoms with Crippen molar-refractivity contribution >= 4 is 28.6 Å². The molecule has 1 N–H and O–H groups in total. The number of thiophene rings is 1. The van der Waals surface area contributed by atoms with Gasteiger partial charge in [-0.1, -0.05) is 18.2 Å². The number of pyridine rings is 1. The third-order valence-electron chi connectivity index (χ3n) is 6.81. The average molecular weight is 492 g/mol. The van der Waals surface area contributed by atoms with Crippen LogP contribution in [0.4, 0.5) is 11.4 Å². The number of aromatic nitrogens is 1. The van der Waals surface area contributed by atoms with E-state index in [1.165, 1.54) is 17.0 Å². The Bertz CT molecular complexity index is 1450. The van der Waals surface area contributed by atoms with Gasteiger partial charge in [0.15, 0.2) is 0 Å². The summed E-state index contributed by atoms with van der Waals surface area (Å²) < 4.78 is 0. The van der Waals surface area contributed by atoms with Gasteiger partial charge in [0.25, 0.3) is 5.91 Å². The fourth-order valence-electron chi connectivity index (χ4n) is 4.94. The second-order valence-electron chi connectivity index (χ2n) is 9.09. The van der Waals surface area contributed by atoms with Crippen LogP contribution in [0, 0.1) is 11.3 Å². The van der Waals surface area contributed by atoms with E-state index in [1.54, 1.807) is 6.20 Å². The molecule has 0 atom stereocenters. The monoisotopic (exact) mass is 491 g/mol. The second kappa shape index (κ2) is 9.57. The molecule has 0 unspecified atom stereocenters. The first-order valence-electron chi connectivity index (χ1n) is 12.1. The van der Waals surface area contributed by atoms with E-state index in [-0.39, 0.29) is 5.91 Å². The van der Waals surface area contributed by atoms with Crippen LogP contribution in [0.25, 0.3) is 10.4 Å². The maximum absolute atomic E-state index is 14.0. The number of carbonyl (C=O) groups excluding carboxylic acids is 1. The summed E-state index contributed by atoms with van der Waals surface area (Å²) in [5, 5.41) is 12.6. The van der Waals surface area contributed by atoms with Crippen molar-refractivity contribution in [3.63, 3.8) is 0 Å². The number of nitriles is 1. The largest absolute Gasteiger partial charge is 0.369 e. The molecular formula is C29H25N5OS. The first kappa shape index (κ1) is 22.5. The quantitative estimate of drug-likeness (QED) is 0.442. The Morgan fingerprint density at radius 1 is 1.00 bits per heavy atom. The zero-order valence-corrected chi connectivity index (χ0v) is 20.6. The van der Waals surface area contributed by atoms with E-state index in [2.05, 4.69) is 45.5 Å². The highest BCUT2D eigenvalue weighted by molar-refractivity contribution is 7.17. The first-order valence-corrected chi connectivity index (χ1v) is 12.9. The number of carbonyl (C=O) groups is 1. The minimum Gasteiger partial charge on any atom is -0.369 e. The van der Waals surface area contributed by atoms with Crippen LogP contribution in [0.1, 0.15) is 32.1 Å². The summed E-state index contributed by atoms with van der Waals surface area (Å²) >= 11 is 1.53. The van der Waals surface area contributed by atoms with Crippen molar-refractivity contribution in [1.29, 1.82) is 5.26 Å². The fourth-order valence-corrected chi connectivity index (χ4v) is 6.07. The normalized spacial score (nSPS) is 15.1. The molecule has 0 bridgehead atoms. The number of hydrogen-bond acceptors (Lipinski definition) is 6. The van der Waals surface area contributed by atoms with Gasteiger partial charge in [-0.2, -0.15) is 5.26 Å². The van der Waals surface area contributed by atoms with E-state index in [4.69, 9.17) is 5.26 Å². The molecule has 2 aromatic heterocycles. The van der Waals surface area contributed by atoms with Crippen LogP contribution in [-0.4, -0.2) is 37.1 Å². The van der Waals surface area contributed by atoms with Crippen molar-refractivity contribution in [2.24, 2.45) is 0 Å². The molecule has 2 aliphatic rings. The predicted octanol–water partition coefficient (Wildman–Crippen LogP) is 4.84. The van der Waals surface area contributed by atoms with Gasteiger partial charge in [0, 0.05) is 55.0 Å². The Morgan fingerprint density at radius 2 is 1.83 bits per heavy atom. The van der Waals surface area contributed by atoms with Crippen LogP contribution < -0.4 is 15.1 Å². The highest BCUT2D eigenvalue weighted by Crippen LogP contribution is 2.40. The van der Waals surface area contributed by atoms with Crippen molar-refractivity contribution < 1.29 is 4.79 Å². The molecule has 6 rings (SSSR count). The number of amides is 1. The molecule has 1 saturated heterocycles. The van der Waals surface area contributed by atoms with Gasteiger partial charge < -0.3 is 15.1 Å². The summed E-state index contributed by atoms with van der Waals surface area (Å²) in [7, 11) is 0. The molecule has 2 aliphatic heterocycles. The van der Waals surface area contributed by atoms with E-state index in [9.17, 15) is 4.79 Å². The van der Waals surface area contributed by atoms with Gasteiger partial charge in [0.2, 0.25) is 0 Å². The zero-order valence-electron chi connectivity index (χ0n) is 19.8. The van der Waals surface area contributed by atoms with E-state index in [0.29, 0.717) is 18.5 Å². The number of anilines is 2. The molecule has 178 valence electrons. The Morgan fingerprint density at radius 3 is 2.58 bits per heavy atom. The van der Waals surface area contributed by atoms with Gasteiger partial charge in [0.1, 0.15) is 0 Å². The number of nitrogens with one attached hydrogen (secondary N) is 1. The van der Waals surface area contributed by atoms with E-state index in [1.807, 2.05) is 47.4 Å². The fraction of sp³-hybridized carbons (Fsp3) is 0.207. The van der Waals surface area contributed by atoms with Crippen LogP contribution in [0.5, 0.6) is 0 Å². The third kappa shape index (κ3) is 4.26. The molecule has 4 heterocycles. The highest BCUT2D eigenvalue weighted by atomic mass is 32.1. The molecule has 0 aliphatic carbocycles. The van der Waals surface area contributed by atoms with Gasteiger partial charge in [0.05, 0.1) is 28.7 Å². The van der Waals surface area contributed by atoms with Crippen LogP contribution in [0.15, 0.2) is 72.9 Å². The standard InChI is InChI=1S/C29H25N5OS/c30-18-20-4-6-21(7-5-20)27-17-23-15-22-16-25(33-13-11-31-12-14-33)8-9-26(22)34(29(35)28(23)36-27)19-24-3-1-2-10-32-24/h1-10,16-17,31H,11-15,19H2. The van der Waals surface area contributed by atoms with Crippen molar-refractivity contribution in [3.05, 3.63) is 100 Å². The van der Waals surface area contributed by atoms with Gasteiger partial charge in [-0.3, -0.25) is 9.78 Å². The summed E-state index contributed by atoms with van der Waals surface area (Å²) in [5.41, 5.74) is 6.86. The summed E-state index contributed by atoms with van der Waals surface area (Å²) in [4.78, 5) is 24.6. The molecular weight excluding hydrogens is 466 g/mol. The smallest absolute Gasteiger partial charge is 0.269 e. The number of nitrogens with zero attached hydrogens (tertiary/aromatic N) is 4. The lowest BCUT2D eigenvalue weighted by molar-refractivity contribution is 0.0989. The lowest BCUT2D eigenvalue weighted by Gasteiger charge is -2.31. The lowest BCUT2D eigenvalue weighted by atomic mass is 10.0. The van der Waals surface area contributed by atoms with Crippen LogP contribution in [-0.2, 0) is 13.0 Å². The highest BCUT2D eigenvalue weighted by Gasteiger charge is 2.30. The average Bonchev–Trinajstić information content (AvgIpc) is 3.32. The molecule has 6 nitrogen and oxygen atoms in total. The maximum atomic E-state index is 14.0. The van der Waals surface area contributed by atoms with E-state index < -0.39 is 0 Å². The summed E-state index contributed by atoms with van der Waals surface area (Å²) in [5.74, 6) is 0.00854. The number of benzene rings is 2. The number of piperazine rings is 1. The van der Waals surface area contributed by atoms with E-state index >= 15 is 0 Å².